The van der Waals surface area contributed by atoms with Crippen molar-refractivity contribution in [1.82, 2.24) is 9.88 Å². The quantitative estimate of drug-likeness (QED) is 0.469. The van der Waals surface area contributed by atoms with Crippen LogP contribution in [0.3, 0.4) is 0 Å². The second-order valence-electron chi connectivity index (χ2n) is 9.20. The molecule has 3 heterocycles. The van der Waals surface area contributed by atoms with Crippen molar-refractivity contribution in [2.75, 3.05) is 38.1 Å². The third-order valence-corrected chi connectivity index (χ3v) is 8.61. The highest BCUT2D eigenvalue weighted by Crippen LogP contribution is 2.51. The van der Waals surface area contributed by atoms with Gasteiger partial charge in [0.15, 0.2) is 9.84 Å². The van der Waals surface area contributed by atoms with E-state index in [1.807, 2.05) is 42.1 Å². The van der Waals surface area contributed by atoms with Crippen LogP contribution in [-0.2, 0) is 25.9 Å². The van der Waals surface area contributed by atoms with Crippen molar-refractivity contribution < 1.29 is 22.7 Å². The van der Waals surface area contributed by atoms with Gasteiger partial charge in [-0.15, -0.1) is 0 Å². The molecular weight excluding hydrogens is 478 g/mol. The van der Waals surface area contributed by atoms with E-state index in [2.05, 4.69) is 4.98 Å². The van der Waals surface area contributed by atoms with Crippen molar-refractivity contribution in [3.8, 4) is 16.9 Å². The molecule has 9 heteroatoms. The van der Waals surface area contributed by atoms with Gasteiger partial charge in [-0.3, -0.25) is 14.7 Å². The number of esters is 1. The molecule has 36 heavy (non-hydrogen) atoms. The largest absolute Gasteiger partial charge is 0.477 e. The van der Waals surface area contributed by atoms with E-state index in [9.17, 15) is 13.2 Å². The van der Waals surface area contributed by atoms with Crippen LogP contribution in [0.15, 0.2) is 65.8 Å². The van der Waals surface area contributed by atoms with Gasteiger partial charge in [0, 0.05) is 48.4 Å². The number of carbonyl (C=O) groups is 1. The van der Waals surface area contributed by atoms with Gasteiger partial charge in [-0.2, -0.15) is 0 Å². The molecule has 2 aromatic carbocycles. The van der Waals surface area contributed by atoms with E-state index in [-0.39, 0.29) is 17.3 Å². The molecular formula is C27H29N3O5S. The van der Waals surface area contributed by atoms with E-state index in [1.165, 1.54) is 0 Å². The zero-order chi connectivity index (χ0) is 25.4. The number of sulfone groups is 1. The first-order valence-electron chi connectivity index (χ1n) is 11.9. The van der Waals surface area contributed by atoms with Crippen LogP contribution in [0.25, 0.3) is 11.1 Å². The number of aromatic nitrogens is 1. The molecule has 2 unspecified atom stereocenters. The summed E-state index contributed by atoms with van der Waals surface area (Å²) in [5.41, 5.74) is 4.22. The van der Waals surface area contributed by atoms with Gasteiger partial charge in [0.2, 0.25) is 0 Å². The van der Waals surface area contributed by atoms with Crippen LogP contribution in [0, 0.1) is 0 Å². The number of carbonyl (C=O) groups excluding carboxylic acids is 1. The number of hydrogen-bond donors (Lipinski definition) is 0. The smallest absolute Gasteiger partial charge is 0.315 e. The lowest BCUT2D eigenvalue weighted by atomic mass is 9.88. The van der Waals surface area contributed by atoms with Gasteiger partial charge in [0.1, 0.15) is 18.4 Å². The molecule has 0 aliphatic carbocycles. The summed E-state index contributed by atoms with van der Waals surface area (Å²) in [5, 5.41) is 0. The van der Waals surface area contributed by atoms with Crippen molar-refractivity contribution >= 4 is 21.5 Å². The van der Waals surface area contributed by atoms with E-state index in [1.54, 1.807) is 49.6 Å². The molecule has 2 atom stereocenters. The maximum Gasteiger partial charge on any atom is 0.315 e. The summed E-state index contributed by atoms with van der Waals surface area (Å²) in [6.45, 7) is 2.93. The van der Waals surface area contributed by atoms with E-state index in [0.29, 0.717) is 19.0 Å². The lowest BCUT2D eigenvalue weighted by molar-refractivity contribution is -0.145. The highest BCUT2D eigenvalue weighted by Gasteiger charge is 2.47. The second kappa shape index (κ2) is 9.55. The molecule has 0 bridgehead atoms. The molecule has 0 spiro atoms. The topological polar surface area (TPSA) is 89.0 Å². The average Bonchev–Trinajstić information content (AvgIpc) is 3.15. The van der Waals surface area contributed by atoms with E-state index >= 15 is 0 Å². The van der Waals surface area contributed by atoms with Crippen molar-refractivity contribution in [1.29, 1.82) is 0 Å². The third kappa shape index (κ3) is 4.22. The summed E-state index contributed by atoms with van der Waals surface area (Å²) in [7, 11) is 0.118. The minimum Gasteiger partial charge on any atom is -0.477 e. The van der Waals surface area contributed by atoms with E-state index < -0.39 is 27.8 Å². The highest BCUT2D eigenvalue weighted by molar-refractivity contribution is 7.91. The lowest BCUT2D eigenvalue weighted by Gasteiger charge is -2.30. The van der Waals surface area contributed by atoms with Crippen LogP contribution in [0.5, 0.6) is 5.75 Å². The summed E-state index contributed by atoms with van der Waals surface area (Å²) in [5.74, 6) is -0.718. The molecule has 5 rings (SSSR count). The molecule has 2 aliphatic heterocycles. The van der Waals surface area contributed by atoms with Gasteiger partial charge in [-0.25, -0.2) is 8.42 Å². The SMILES string of the molecule is CCOC(=O)C1c2c(cc(-c3cccnc3)c3c2CN(C)CO3)N(C)C1CS(=O)(=O)c1ccccc1. The van der Waals surface area contributed by atoms with Gasteiger partial charge in [-0.05, 0) is 43.8 Å². The van der Waals surface area contributed by atoms with Crippen LogP contribution in [0.4, 0.5) is 5.69 Å². The Kier molecular flexibility index (Phi) is 6.44. The maximum absolute atomic E-state index is 13.4. The molecule has 2 aliphatic rings. The Balaban J connectivity index is 1.68. The fourth-order valence-corrected chi connectivity index (χ4v) is 6.80. The lowest BCUT2D eigenvalue weighted by Crippen LogP contribution is -2.40. The average molecular weight is 508 g/mol. The number of rotatable bonds is 6. The predicted octanol–water partition coefficient (Wildman–Crippen LogP) is 3.47. The Bertz CT molecular complexity index is 1380. The summed E-state index contributed by atoms with van der Waals surface area (Å²) in [6, 6.07) is 13.5. The van der Waals surface area contributed by atoms with Gasteiger partial charge in [-0.1, -0.05) is 24.3 Å². The molecule has 0 N–H and O–H groups in total. The molecule has 8 nitrogen and oxygen atoms in total. The van der Waals surface area contributed by atoms with Gasteiger partial charge in [0.05, 0.1) is 23.3 Å². The summed E-state index contributed by atoms with van der Waals surface area (Å²) >= 11 is 0. The second-order valence-corrected chi connectivity index (χ2v) is 11.2. The van der Waals surface area contributed by atoms with Crippen molar-refractivity contribution in [3.05, 3.63) is 72.1 Å². The standard InChI is InChI=1S/C27H29N3O5S/c1-4-34-27(31)25-23(16-36(32,33)19-10-6-5-7-11-19)30(3)22-13-20(18-9-8-12-28-14-18)26-21(24(22)25)15-29(2)17-35-26/h5-14,23,25H,4,15-17H2,1-3H3. The number of nitrogens with zero attached hydrogens (tertiary/aromatic N) is 3. The molecule has 1 aromatic heterocycles. The Morgan fingerprint density at radius 3 is 2.64 bits per heavy atom. The molecule has 0 radical (unpaired) electrons. The van der Waals surface area contributed by atoms with Crippen LogP contribution < -0.4 is 9.64 Å². The van der Waals surface area contributed by atoms with Crippen LogP contribution in [0.2, 0.25) is 0 Å². The molecule has 0 amide bonds. The van der Waals surface area contributed by atoms with Crippen molar-refractivity contribution in [3.63, 3.8) is 0 Å². The Labute approximate surface area is 211 Å². The number of likely N-dealkylation sites (N-methyl/N-ethyl adjacent to an activating group) is 1. The third-order valence-electron chi connectivity index (χ3n) is 6.84. The highest BCUT2D eigenvalue weighted by atomic mass is 32.2. The normalized spacial score (nSPS) is 19.4. The molecule has 0 saturated heterocycles. The zero-order valence-electron chi connectivity index (χ0n) is 20.5. The maximum atomic E-state index is 13.4. The van der Waals surface area contributed by atoms with E-state index in [0.717, 1.165) is 27.9 Å². The van der Waals surface area contributed by atoms with Crippen LogP contribution in [0.1, 0.15) is 24.0 Å². The van der Waals surface area contributed by atoms with Gasteiger partial charge in [0.25, 0.3) is 0 Å². The number of hydrogen-bond acceptors (Lipinski definition) is 8. The van der Waals surface area contributed by atoms with Crippen LogP contribution >= 0.6 is 0 Å². The van der Waals surface area contributed by atoms with Crippen LogP contribution in [-0.4, -0.2) is 63.5 Å². The summed E-state index contributed by atoms with van der Waals surface area (Å²) < 4.78 is 38.5. The van der Waals surface area contributed by atoms with Gasteiger partial charge >= 0.3 is 5.97 Å². The first-order chi connectivity index (χ1) is 17.3. The molecule has 188 valence electrons. The number of pyridine rings is 1. The number of fused-ring (bicyclic) bond motifs is 3. The predicted molar refractivity (Wildman–Crippen MR) is 137 cm³/mol. The summed E-state index contributed by atoms with van der Waals surface area (Å²) in [4.78, 5) is 21.8. The summed E-state index contributed by atoms with van der Waals surface area (Å²) in [6.07, 6.45) is 3.49. The first kappa shape index (κ1) is 24.3. The van der Waals surface area contributed by atoms with E-state index in [4.69, 9.17) is 9.47 Å². The molecule has 3 aromatic rings. The number of ether oxygens (including phenoxy) is 2. The number of benzene rings is 2. The minimum atomic E-state index is -3.67. The minimum absolute atomic E-state index is 0.207. The zero-order valence-corrected chi connectivity index (χ0v) is 21.4. The number of anilines is 1. The molecule has 0 fully saturated rings. The Hall–Kier alpha value is -3.43. The monoisotopic (exact) mass is 507 g/mol. The van der Waals surface area contributed by atoms with Crippen molar-refractivity contribution in [2.45, 2.75) is 30.3 Å². The fourth-order valence-electron chi connectivity index (χ4n) is 5.17. The molecule has 0 saturated carbocycles. The Morgan fingerprint density at radius 1 is 1.17 bits per heavy atom. The van der Waals surface area contributed by atoms with Gasteiger partial charge < -0.3 is 14.4 Å². The first-order valence-corrected chi connectivity index (χ1v) is 13.6. The van der Waals surface area contributed by atoms with Crippen molar-refractivity contribution in [2.24, 2.45) is 0 Å². The fraction of sp³-hybridized carbons (Fsp3) is 0.333. The Morgan fingerprint density at radius 2 is 1.94 bits per heavy atom.